The van der Waals surface area contributed by atoms with Crippen LogP contribution in [0.2, 0.25) is 0 Å². The Morgan fingerprint density at radius 2 is 2.20 bits per heavy atom. The van der Waals surface area contributed by atoms with Gasteiger partial charge in [-0.15, -0.1) is 0 Å². The molecule has 2 atom stereocenters. The highest BCUT2D eigenvalue weighted by atomic mass is 32.2. The van der Waals surface area contributed by atoms with E-state index in [0.29, 0.717) is 17.5 Å². The van der Waals surface area contributed by atoms with E-state index >= 15 is 0 Å². The van der Waals surface area contributed by atoms with E-state index in [1.165, 1.54) is 0 Å². The second-order valence-electron chi connectivity index (χ2n) is 4.46. The van der Waals surface area contributed by atoms with Crippen LogP contribution in [-0.4, -0.2) is 57.5 Å². The van der Waals surface area contributed by atoms with Gasteiger partial charge in [-0.1, -0.05) is 0 Å². The molecule has 0 aromatic rings. The van der Waals surface area contributed by atoms with Crippen LogP contribution >= 0.6 is 0 Å². The van der Waals surface area contributed by atoms with Crippen molar-refractivity contribution in [3.05, 3.63) is 0 Å². The van der Waals surface area contributed by atoms with Crippen LogP contribution in [0.1, 0.15) is 19.8 Å². The minimum absolute atomic E-state index is 0.224. The second kappa shape index (κ2) is 5.27. The van der Waals surface area contributed by atoms with E-state index in [1.807, 2.05) is 14.1 Å². The first-order valence-electron chi connectivity index (χ1n) is 5.53. The van der Waals surface area contributed by atoms with Gasteiger partial charge < -0.3 is 5.32 Å². The molecule has 1 N–H and O–H groups in total. The molecule has 1 aliphatic rings. The van der Waals surface area contributed by atoms with Crippen molar-refractivity contribution in [2.45, 2.75) is 31.8 Å². The van der Waals surface area contributed by atoms with E-state index in [0.717, 1.165) is 19.4 Å². The van der Waals surface area contributed by atoms with Crippen molar-refractivity contribution in [2.75, 3.05) is 32.1 Å². The summed E-state index contributed by atoms with van der Waals surface area (Å²) in [7, 11) is 1.22. The third-order valence-corrected chi connectivity index (χ3v) is 5.04. The fourth-order valence-corrected chi connectivity index (χ4v) is 3.80. The highest BCUT2D eigenvalue weighted by Gasteiger charge is 2.32. The topological polar surface area (TPSA) is 49.4 Å². The summed E-state index contributed by atoms with van der Waals surface area (Å²) in [4.78, 5) is 2.21. The number of hydrogen-bond acceptors (Lipinski definition) is 4. The van der Waals surface area contributed by atoms with Crippen molar-refractivity contribution in [3.8, 4) is 0 Å². The van der Waals surface area contributed by atoms with Gasteiger partial charge in [0.05, 0.1) is 11.5 Å². The lowest BCUT2D eigenvalue weighted by atomic mass is 10.1. The Bertz CT molecular complexity index is 290. The molecule has 4 nitrogen and oxygen atoms in total. The fourth-order valence-electron chi connectivity index (χ4n) is 2.01. The van der Waals surface area contributed by atoms with E-state index < -0.39 is 9.84 Å². The van der Waals surface area contributed by atoms with Gasteiger partial charge in [0, 0.05) is 12.1 Å². The van der Waals surface area contributed by atoms with E-state index in [1.54, 1.807) is 0 Å². The van der Waals surface area contributed by atoms with Crippen LogP contribution in [0, 0.1) is 0 Å². The summed E-state index contributed by atoms with van der Waals surface area (Å²) in [5.41, 5.74) is 0. The average molecular weight is 234 g/mol. The molecule has 0 saturated carbocycles. The van der Waals surface area contributed by atoms with E-state index in [4.69, 9.17) is 0 Å². The quantitative estimate of drug-likeness (QED) is 0.733. The van der Waals surface area contributed by atoms with Crippen LogP contribution < -0.4 is 5.32 Å². The van der Waals surface area contributed by atoms with E-state index in [2.05, 4.69) is 17.1 Å². The molecule has 15 heavy (non-hydrogen) atoms. The lowest BCUT2D eigenvalue weighted by Crippen LogP contribution is -2.40. The van der Waals surface area contributed by atoms with Gasteiger partial charge in [-0.05, 0) is 40.4 Å². The standard InChI is InChI=1S/C10H22N2O2S/c1-9(4-6-11-2)12(3)10-5-7-15(13,14)8-10/h9-11H,4-8H2,1-3H3. The Balaban J connectivity index is 2.43. The van der Waals surface area contributed by atoms with Gasteiger partial charge in [-0.25, -0.2) is 8.42 Å². The number of nitrogens with zero attached hydrogens (tertiary/aromatic N) is 1. The first-order valence-corrected chi connectivity index (χ1v) is 7.35. The highest BCUT2D eigenvalue weighted by Crippen LogP contribution is 2.19. The maximum Gasteiger partial charge on any atom is 0.151 e. The lowest BCUT2D eigenvalue weighted by molar-refractivity contribution is 0.191. The summed E-state index contributed by atoms with van der Waals surface area (Å²) in [6.07, 6.45) is 1.85. The third-order valence-electron chi connectivity index (χ3n) is 3.29. The van der Waals surface area contributed by atoms with Crippen LogP contribution in [0.25, 0.3) is 0 Å². The smallest absolute Gasteiger partial charge is 0.151 e. The number of nitrogens with one attached hydrogen (secondary N) is 1. The summed E-state index contributed by atoms with van der Waals surface area (Å²) in [6.45, 7) is 3.13. The number of hydrogen-bond donors (Lipinski definition) is 1. The third kappa shape index (κ3) is 3.74. The molecule has 5 heteroatoms. The predicted molar refractivity (Wildman–Crippen MR) is 62.8 cm³/mol. The molecule has 0 bridgehead atoms. The number of sulfone groups is 1. The van der Waals surface area contributed by atoms with Crippen LogP contribution in [0.4, 0.5) is 0 Å². The van der Waals surface area contributed by atoms with Crippen molar-refractivity contribution >= 4 is 9.84 Å². The molecule has 1 rings (SSSR count). The van der Waals surface area contributed by atoms with Crippen molar-refractivity contribution in [1.82, 2.24) is 10.2 Å². The Kier molecular flexibility index (Phi) is 4.55. The van der Waals surface area contributed by atoms with Gasteiger partial charge in [0.2, 0.25) is 0 Å². The molecule has 2 unspecified atom stereocenters. The maximum absolute atomic E-state index is 11.3. The summed E-state index contributed by atoms with van der Waals surface area (Å²) in [6, 6.07) is 0.664. The molecule has 1 saturated heterocycles. The van der Waals surface area contributed by atoms with Crippen molar-refractivity contribution < 1.29 is 8.42 Å². The first kappa shape index (κ1) is 12.9. The highest BCUT2D eigenvalue weighted by molar-refractivity contribution is 7.91. The van der Waals surface area contributed by atoms with Crippen molar-refractivity contribution in [2.24, 2.45) is 0 Å². The zero-order valence-corrected chi connectivity index (χ0v) is 10.7. The summed E-state index contributed by atoms with van der Waals surface area (Å²) in [5.74, 6) is 0.703. The van der Waals surface area contributed by atoms with Crippen LogP contribution in [0.15, 0.2) is 0 Å². The summed E-state index contributed by atoms with van der Waals surface area (Å²) in [5, 5.41) is 3.12. The zero-order chi connectivity index (χ0) is 11.5. The minimum atomic E-state index is -2.75. The fraction of sp³-hybridized carbons (Fsp3) is 1.00. The molecule has 1 heterocycles. The maximum atomic E-state index is 11.3. The zero-order valence-electron chi connectivity index (χ0n) is 9.86. The average Bonchev–Trinajstić information content (AvgIpc) is 2.54. The molecule has 0 amide bonds. The minimum Gasteiger partial charge on any atom is -0.320 e. The van der Waals surface area contributed by atoms with Gasteiger partial charge >= 0.3 is 0 Å². The molecular formula is C10H22N2O2S. The Morgan fingerprint density at radius 3 is 2.67 bits per heavy atom. The summed E-state index contributed by atoms with van der Waals surface area (Å²) >= 11 is 0. The molecule has 0 aromatic heterocycles. The first-order chi connectivity index (χ1) is 6.96. The largest absolute Gasteiger partial charge is 0.320 e. The van der Waals surface area contributed by atoms with E-state index in [-0.39, 0.29) is 6.04 Å². The Hall–Kier alpha value is -0.130. The molecule has 0 radical (unpaired) electrons. The lowest BCUT2D eigenvalue weighted by Gasteiger charge is -2.29. The van der Waals surface area contributed by atoms with Crippen LogP contribution in [0.5, 0.6) is 0 Å². The van der Waals surface area contributed by atoms with Gasteiger partial charge in [0.1, 0.15) is 0 Å². The SMILES string of the molecule is CNCCC(C)N(C)C1CCS(=O)(=O)C1. The summed E-state index contributed by atoms with van der Waals surface area (Å²) < 4.78 is 22.7. The van der Waals surface area contributed by atoms with Gasteiger partial charge in [0.15, 0.2) is 9.84 Å². The molecule has 0 spiro atoms. The van der Waals surface area contributed by atoms with Crippen molar-refractivity contribution in [3.63, 3.8) is 0 Å². The predicted octanol–water partition coefficient (Wildman–Crippen LogP) is 0.103. The Morgan fingerprint density at radius 1 is 1.53 bits per heavy atom. The van der Waals surface area contributed by atoms with Gasteiger partial charge in [0.25, 0.3) is 0 Å². The molecule has 90 valence electrons. The molecule has 0 aromatic carbocycles. The van der Waals surface area contributed by atoms with Gasteiger partial charge in [-0.3, -0.25) is 4.90 Å². The van der Waals surface area contributed by atoms with Crippen LogP contribution in [-0.2, 0) is 9.84 Å². The molecule has 0 aliphatic carbocycles. The van der Waals surface area contributed by atoms with Crippen LogP contribution in [0.3, 0.4) is 0 Å². The molecule has 1 fully saturated rings. The molecular weight excluding hydrogens is 212 g/mol. The van der Waals surface area contributed by atoms with Gasteiger partial charge in [-0.2, -0.15) is 0 Å². The normalized spacial score (nSPS) is 27.1. The second-order valence-corrected chi connectivity index (χ2v) is 6.69. The van der Waals surface area contributed by atoms with E-state index in [9.17, 15) is 8.42 Å². The van der Waals surface area contributed by atoms with Crippen molar-refractivity contribution in [1.29, 1.82) is 0 Å². The Labute approximate surface area is 93.0 Å². The molecule has 1 aliphatic heterocycles. The monoisotopic (exact) mass is 234 g/mol. The number of rotatable bonds is 5.